The lowest BCUT2D eigenvalue weighted by molar-refractivity contribution is 0.0727. The summed E-state index contributed by atoms with van der Waals surface area (Å²) in [4.78, 5) is 7.66. The molecule has 1 atom stereocenters. The minimum atomic E-state index is 0.706. The molecule has 1 aromatic carbocycles. The average molecular weight is 428 g/mol. The fourth-order valence-electron chi connectivity index (χ4n) is 5.65. The molecule has 1 unspecified atom stereocenters. The smallest absolute Gasteiger partial charge is 0.152 e. The molecule has 1 saturated carbocycles. The van der Waals surface area contributed by atoms with Crippen LogP contribution in [0.3, 0.4) is 0 Å². The Morgan fingerprint density at radius 1 is 1.03 bits per heavy atom. The molecule has 3 nitrogen and oxygen atoms in total. The van der Waals surface area contributed by atoms with E-state index in [1.165, 1.54) is 81.2 Å². The van der Waals surface area contributed by atoms with Crippen molar-refractivity contribution >= 4 is 11.6 Å². The Labute approximate surface area is 187 Å². The molecule has 1 aromatic heterocycles. The molecule has 0 amide bonds. The van der Waals surface area contributed by atoms with Crippen LogP contribution in [-0.4, -0.2) is 27.0 Å². The number of hydrogen-bond donors (Lipinski definition) is 0. The van der Waals surface area contributed by atoms with E-state index in [2.05, 4.69) is 47.6 Å². The minimum absolute atomic E-state index is 0.706. The lowest BCUT2D eigenvalue weighted by Gasteiger charge is -2.42. The van der Waals surface area contributed by atoms with Gasteiger partial charge in [0.2, 0.25) is 0 Å². The second kappa shape index (κ2) is 10.3. The SMILES string of the molecule is CCCCn1c(-c2ccccc2C)nc(Cl)c1CN1CCCCC1C1CCCCC1. The first-order valence-electron chi connectivity index (χ1n) is 12.2. The Hall–Kier alpha value is -1.32. The molecule has 4 rings (SSSR count). The summed E-state index contributed by atoms with van der Waals surface area (Å²) >= 11 is 6.83. The van der Waals surface area contributed by atoms with Crippen LogP contribution >= 0.6 is 11.6 Å². The van der Waals surface area contributed by atoms with Crippen molar-refractivity contribution in [1.82, 2.24) is 14.5 Å². The third-order valence-electron chi connectivity index (χ3n) is 7.36. The standard InChI is InChI=1S/C26H38ClN3/c1-3-4-18-30-24(25(27)28-26(30)22-15-9-8-12-20(22)2)19-29-17-11-10-16-23(29)21-13-6-5-7-14-21/h8-9,12,15,21,23H,3-7,10-11,13-14,16-19H2,1-2H3. The lowest BCUT2D eigenvalue weighted by atomic mass is 9.80. The molecular formula is C26H38ClN3. The number of benzene rings is 1. The number of imidazole rings is 1. The molecular weight excluding hydrogens is 390 g/mol. The van der Waals surface area contributed by atoms with Gasteiger partial charge in [0, 0.05) is 24.7 Å². The molecule has 4 heteroatoms. The molecule has 2 heterocycles. The zero-order valence-electron chi connectivity index (χ0n) is 18.9. The van der Waals surface area contributed by atoms with Gasteiger partial charge in [-0.2, -0.15) is 0 Å². The summed E-state index contributed by atoms with van der Waals surface area (Å²) < 4.78 is 2.43. The van der Waals surface area contributed by atoms with Crippen LogP contribution in [0.5, 0.6) is 0 Å². The van der Waals surface area contributed by atoms with E-state index in [4.69, 9.17) is 16.6 Å². The molecule has 164 valence electrons. The molecule has 2 aromatic rings. The van der Waals surface area contributed by atoms with Gasteiger partial charge in [-0.05, 0) is 57.1 Å². The second-order valence-electron chi connectivity index (χ2n) is 9.42. The number of piperidine rings is 1. The normalized spacial score (nSPS) is 21.2. The van der Waals surface area contributed by atoms with Crippen molar-refractivity contribution in [2.45, 2.75) is 97.2 Å². The minimum Gasteiger partial charge on any atom is -0.325 e. The third-order valence-corrected chi connectivity index (χ3v) is 7.66. The van der Waals surface area contributed by atoms with E-state index in [0.717, 1.165) is 37.3 Å². The quantitative estimate of drug-likeness (QED) is 0.464. The van der Waals surface area contributed by atoms with Crippen LogP contribution in [-0.2, 0) is 13.1 Å². The van der Waals surface area contributed by atoms with Crippen molar-refractivity contribution in [3.63, 3.8) is 0 Å². The number of nitrogens with zero attached hydrogens (tertiary/aromatic N) is 3. The van der Waals surface area contributed by atoms with Crippen LogP contribution in [0.25, 0.3) is 11.4 Å². The number of rotatable bonds is 7. The average Bonchev–Trinajstić information content (AvgIpc) is 3.08. The van der Waals surface area contributed by atoms with E-state index in [-0.39, 0.29) is 0 Å². The van der Waals surface area contributed by atoms with E-state index in [1.807, 2.05) is 0 Å². The fraction of sp³-hybridized carbons (Fsp3) is 0.654. The first kappa shape index (κ1) is 21.9. The van der Waals surface area contributed by atoms with E-state index >= 15 is 0 Å². The van der Waals surface area contributed by atoms with Crippen molar-refractivity contribution in [2.24, 2.45) is 5.92 Å². The van der Waals surface area contributed by atoms with Gasteiger partial charge in [-0.1, -0.05) is 74.9 Å². The highest BCUT2D eigenvalue weighted by Crippen LogP contribution is 2.36. The van der Waals surface area contributed by atoms with Crippen LogP contribution in [0, 0.1) is 12.8 Å². The molecule has 1 saturated heterocycles. The third kappa shape index (κ3) is 4.78. The van der Waals surface area contributed by atoms with Crippen LogP contribution in [0.15, 0.2) is 24.3 Å². The zero-order chi connectivity index (χ0) is 20.9. The summed E-state index contributed by atoms with van der Waals surface area (Å²) in [5, 5.41) is 0.706. The van der Waals surface area contributed by atoms with E-state index in [0.29, 0.717) is 5.15 Å². The number of halogens is 1. The van der Waals surface area contributed by atoms with E-state index in [1.54, 1.807) is 0 Å². The Kier molecular flexibility index (Phi) is 7.54. The first-order chi connectivity index (χ1) is 14.7. The summed E-state index contributed by atoms with van der Waals surface area (Å²) in [6.07, 6.45) is 13.5. The molecule has 0 radical (unpaired) electrons. The largest absolute Gasteiger partial charge is 0.325 e. The van der Waals surface area contributed by atoms with Gasteiger partial charge in [0.25, 0.3) is 0 Å². The maximum atomic E-state index is 6.83. The van der Waals surface area contributed by atoms with Crippen molar-refractivity contribution in [1.29, 1.82) is 0 Å². The molecule has 1 aliphatic carbocycles. The van der Waals surface area contributed by atoms with Crippen LogP contribution in [0.1, 0.15) is 82.4 Å². The van der Waals surface area contributed by atoms with Crippen molar-refractivity contribution < 1.29 is 0 Å². The highest BCUT2D eigenvalue weighted by molar-refractivity contribution is 6.30. The lowest BCUT2D eigenvalue weighted by Crippen LogP contribution is -2.44. The van der Waals surface area contributed by atoms with E-state index < -0.39 is 0 Å². The van der Waals surface area contributed by atoms with Gasteiger partial charge < -0.3 is 4.57 Å². The van der Waals surface area contributed by atoms with Gasteiger partial charge in [0.05, 0.1) is 5.69 Å². The molecule has 2 fully saturated rings. The van der Waals surface area contributed by atoms with E-state index in [9.17, 15) is 0 Å². The number of aryl methyl sites for hydroxylation is 1. The molecule has 0 N–H and O–H groups in total. The maximum Gasteiger partial charge on any atom is 0.152 e. The number of hydrogen-bond acceptors (Lipinski definition) is 2. The summed E-state index contributed by atoms with van der Waals surface area (Å²) in [5.74, 6) is 1.92. The highest BCUT2D eigenvalue weighted by atomic mass is 35.5. The summed E-state index contributed by atoms with van der Waals surface area (Å²) in [7, 11) is 0. The Morgan fingerprint density at radius 3 is 2.57 bits per heavy atom. The molecule has 30 heavy (non-hydrogen) atoms. The molecule has 1 aliphatic heterocycles. The number of likely N-dealkylation sites (tertiary alicyclic amines) is 1. The first-order valence-corrected chi connectivity index (χ1v) is 12.6. The van der Waals surface area contributed by atoms with Crippen molar-refractivity contribution in [2.75, 3.05) is 6.54 Å². The molecule has 0 spiro atoms. The van der Waals surface area contributed by atoms with Gasteiger partial charge in [-0.3, -0.25) is 4.90 Å². The van der Waals surface area contributed by atoms with Gasteiger partial charge in [-0.15, -0.1) is 0 Å². The summed E-state index contributed by atoms with van der Waals surface area (Å²) in [6, 6.07) is 9.30. The Balaban J connectivity index is 1.64. The number of aromatic nitrogens is 2. The summed E-state index contributed by atoms with van der Waals surface area (Å²) in [6.45, 7) is 7.58. The van der Waals surface area contributed by atoms with Crippen molar-refractivity contribution in [3.8, 4) is 11.4 Å². The van der Waals surface area contributed by atoms with Crippen LogP contribution in [0.4, 0.5) is 0 Å². The highest BCUT2D eigenvalue weighted by Gasteiger charge is 2.32. The van der Waals surface area contributed by atoms with Crippen LogP contribution < -0.4 is 0 Å². The van der Waals surface area contributed by atoms with Gasteiger partial charge in [0.1, 0.15) is 5.82 Å². The second-order valence-corrected chi connectivity index (χ2v) is 9.78. The number of unbranched alkanes of at least 4 members (excludes halogenated alkanes) is 1. The van der Waals surface area contributed by atoms with Gasteiger partial charge >= 0.3 is 0 Å². The zero-order valence-corrected chi connectivity index (χ0v) is 19.6. The fourth-order valence-corrected chi connectivity index (χ4v) is 5.89. The van der Waals surface area contributed by atoms with Crippen LogP contribution in [0.2, 0.25) is 5.15 Å². The molecule has 2 aliphatic rings. The van der Waals surface area contributed by atoms with Gasteiger partial charge in [-0.25, -0.2) is 4.98 Å². The summed E-state index contributed by atoms with van der Waals surface area (Å²) in [5.41, 5.74) is 3.71. The predicted molar refractivity (Wildman–Crippen MR) is 127 cm³/mol. The maximum absolute atomic E-state index is 6.83. The predicted octanol–water partition coefficient (Wildman–Crippen LogP) is 7.25. The molecule has 0 bridgehead atoms. The Bertz CT molecular complexity index is 822. The van der Waals surface area contributed by atoms with Gasteiger partial charge in [0.15, 0.2) is 5.15 Å². The monoisotopic (exact) mass is 427 g/mol. The Morgan fingerprint density at radius 2 is 1.80 bits per heavy atom. The topological polar surface area (TPSA) is 21.1 Å². The van der Waals surface area contributed by atoms with Crippen molar-refractivity contribution in [3.05, 3.63) is 40.7 Å².